The summed E-state index contributed by atoms with van der Waals surface area (Å²) in [4.78, 5) is 11.1. The van der Waals surface area contributed by atoms with Gasteiger partial charge in [-0.25, -0.2) is 0 Å². The molecule has 0 amide bonds. The Hall–Kier alpha value is -1.35. The van der Waals surface area contributed by atoms with Crippen LogP contribution in [0.2, 0.25) is 0 Å². The van der Waals surface area contributed by atoms with Gasteiger partial charge in [-0.2, -0.15) is 0 Å². The first kappa shape index (κ1) is 13.1. The van der Waals surface area contributed by atoms with E-state index >= 15 is 0 Å². The molecule has 98 valence electrons. The van der Waals surface area contributed by atoms with Crippen LogP contribution in [0.15, 0.2) is 24.3 Å². The zero-order valence-electron chi connectivity index (χ0n) is 11.1. The lowest BCUT2D eigenvalue weighted by Gasteiger charge is -2.44. The highest BCUT2D eigenvalue weighted by molar-refractivity contribution is 5.69. The molecular formula is C15H21NO2. The van der Waals surface area contributed by atoms with Gasteiger partial charge in [0.05, 0.1) is 6.42 Å². The molecule has 1 aromatic carbocycles. The van der Waals surface area contributed by atoms with Crippen LogP contribution in [0.5, 0.6) is 0 Å². The van der Waals surface area contributed by atoms with Crippen LogP contribution in [-0.4, -0.2) is 17.6 Å². The van der Waals surface area contributed by atoms with E-state index in [-0.39, 0.29) is 11.8 Å². The average Bonchev–Trinajstić information content (AvgIpc) is 2.33. The lowest BCUT2D eigenvalue weighted by molar-refractivity contribution is -0.138. The Kier molecular flexibility index (Phi) is 3.20. The van der Waals surface area contributed by atoms with Crippen LogP contribution >= 0.6 is 0 Å². The zero-order valence-corrected chi connectivity index (χ0v) is 11.1. The Morgan fingerprint density at radius 1 is 1.28 bits per heavy atom. The van der Waals surface area contributed by atoms with Crippen LogP contribution in [0.4, 0.5) is 0 Å². The second-order valence-corrected chi connectivity index (χ2v) is 5.98. The van der Waals surface area contributed by atoms with Crippen LogP contribution in [0.25, 0.3) is 0 Å². The maximum atomic E-state index is 11.1. The lowest BCUT2D eigenvalue weighted by Crippen LogP contribution is -2.44. The number of nitrogens with two attached hydrogens (primary N) is 1. The second kappa shape index (κ2) is 4.39. The highest BCUT2D eigenvalue weighted by Crippen LogP contribution is 2.47. The molecule has 0 aliphatic heterocycles. The topological polar surface area (TPSA) is 63.3 Å². The molecule has 0 bridgehead atoms. The minimum atomic E-state index is -0.769. The number of fused-ring (bicyclic) bond motifs is 1. The molecule has 2 rings (SSSR count). The maximum absolute atomic E-state index is 11.1. The summed E-state index contributed by atoms with van der Waals surface area (Å²) >= 11 is 0. The lowest BCUT2D eigenvalue weighted by atomic mass is 9.60. The van der Waals surface area contributed by atoms with Gasteiger partial charge in [0, 0.05) is 12.0 Å². The highest BCUT2D eigenvalue weighted by Gasteiger charge is 2.42. The van der Waals surface area contributed by atoms with E-state index in [2.05, 4.69) is 19.9 Å². The zero-order chi connectivity index (χ0) is 13.4. The van der Waals surface area contributed by atoms with Crippen molar-refractivity contribution in [1.29, 1.82) is 0 Å². The summed E-state index contributed by atoms with van der Waals surface area (Å²) in [5, 5.41) is 9.16. The summed E-state index contributed by atoms with van der Waals surface area (Å²) < 4.78 is 0. The van der Waals surface area contributed by atoms with Gasteiger partial charge in [0.15, 0.2) is 0 Å². The van der Waals surface area contributed by atoms with Crippen molar-refractivity contribution < 1.29 is 9.90 Å². The molecule has 18 heavy (non-hydrogen) atoms. The average molecular weight is 247 g/mol. The molecule has 0 radical (unpaired) electrons. The molecule has 0 saturated heterocycles. The predicted molar refractivity (Wildman–Crippen MR) is 71.7 cm³/mol. The number of hydrogen-bond acceptors (Lipinski definition) is 2. The second-order valence-electron chi connectivity index (χ2n) is 5.98. The minimum Gasteiger partial charge on any atom is -0.481 e. The molecule has 0 fully saturated rings. The number of rotatable bonds is 3. The smallest absolute Gasteiger partial charge is 0.304 e. The summed E-state index contributed by atoms with van der Waals surface area (Å²) in [6.07, 6.45) is 1.95. The van der Waals surface area contributed by atoms with Crippen molar-refractivity contribution in [2.45, 2.75) is 43.9 Å². The van der Waals surface area contributed by atoms with Crippen molar-refractivity contribution in [1.82, 2.24) is 0 Å². The Morgan fingerprint density at radius 3 is 2.44 bits per heavy atom. The highest BCUT2D eigenvalue weighted by atomic mass is 16.4. The molecule has 0 aromatic heterocycles. The Morgan fingerprint density at radius 2 is 1.89 bits per heavy atom. The fourth-order valence-corrected chi connectivity index (χ4v) is 3.11. The quantitative estimate of drug-likeness (QED) is 0.862. The van der Waals surface area contributed by atoms with Gasteiger partial charge in [-0.1, -0.05) is 38.1 Å². The number of carboxylic acids is 1. The van der Waals surface area contributed by atoms with Crippen molar-refractivity contribution >= 4 is 5.97 Å². The molecule has 0 spiro atoms. The van der Waals surface area contributed by atoms with E-state index < -0.39 is 11.4 Å². The van der Waals surface area contributed by atoms with E-state index in [1.54, 1.807) is 0 Å². The molecule has 0 heterocycles. The Balaban J connectivity index is 2.56. The number of carboxylic acid groups (broad SMARTS) is 1. The number of carbonyl (C=O) groups is 1. The summed E-state index contributed by atoms with van der Waals surface area (Å²) in [6, 6.07) is 8.16. The number of benzene rings is 1. The molecule has 3 N–H and O–H groups in total. The van der Waals surface area contributed by atoms with E-state index in [0.717, 1.165) is 18.4 Å². The fourth-order valence-electron chi connectivity index (χ4n) is 3.11. The largest absolute Gasteiger partial charge is 0.481 e. The molecule has 3 heteroatoms. The SMILES string of the molecule is CC1(C)CCC(CN)(CC(=O)O)c2ccccc21. The van der Waals surface area contributed by atoms with Gasteiger partial charge in [-0.05, 0) is 29.4 Å². The molecular weight excluding hydrogens is 226 g/mol. The first-order valence-corrected chi connectivity index (χ1v) is 6.43. The van der Waals surface area contributed by atoms with Crippen LogP contribution < -0.4 is 5.73 Å². The summed E-state index contributed by atoms with van der Waals surface area (Å²) in [7, 11) is 0. The summed E-state index contributed by atoms with van der Waals surface area (Å²) in [6.45, 7) is 4.83. The van der Waals surface area contributed by atoms with Crippen LogP contribution in [0.1, 0.15) is 44.2 Å². The van der Waals surface area contributed by atoms with Crippen LogP contribution in [-0.2, 0) is 15.6 Å². The third kappa shape index (κ3) is 2.03. The van der Waals surface area contributed by atoms with Gasteiger partial charge in [0.2, 0.25) is 0 Å². The van der Waals surface area contributed by atoms with Crippen molar-refractivity contribution in [3.05, 3.63) is 35.4 Å². The monoisotopic (exact) mass is 247 g/mol. The summed E-state index contributed by atoms with van der Waals surface area (Å²) in [5.74, 6) is -0.769. The third-order valence-electron chi connectivity index (χ3n) is 4.34. The Labute approximate surface area is 108 Å². The molecule has 0 saturated carbocycles. The normalized spacial score (nSPS) is 25.5. The van der Waals surface area contributed by atoms with Crippen molar-refractivity contribution in [3.63, 3.8) is 0 Å². The first-order chi connectivity index (χ1) is 8.41. The number of aliphatic carboxylic acids is 1. The number of hydrogen-bond donors (Lipinski definition) is 2. The van der Waals surface area contributed by atoms with Gasteiger partial charge in [-0.15, -0.1) is 0 Å². The maximum Gasteiger partial charge on any atom is 0.304 e. The molecule has 1 aliphatic carbocycles. The molecule has 3 nitrogen and oxygen atoms in total. The third-order valence-corrected chi connectivity index (χ3v) is 4.34. The fraction of sp³-hybridized carbons (Fsp3) is 0.533. The first-order valence-electron chi connectivity index (χ1n) is 6.43. The van der Waals surface area contributed by atoms with E-state index in [0.29, 0.717) is 6.54 Å². The van der Waals surface area contributed by atoms with E-state index in [9.17, 15) is 4.79 Å². The van der Waals surface area contributed by atoms with Gasteiger partial charge in [0.1, 0.15) is 0 Å². The summed E-state index contributed by atoms with van der Waals surface area (Å²) in [5.41, 5.74) is 8.02. The van der Waals surface area contributed by atoms with Crippen molar-refractivity contribution in [3.8, 4) is 0 Å². The molecule has 1 aromatic rings. The van der Waals surface area contributed by atoms with Gasteiger partial charge in [0.25, 0.3) is 0 Å². The Bertz CT molecular complexity index is 467. The molecule has 1 aliphatic rings. The minimum absolute atomic E-state index is 0.105. The van der Waals surface area contributed by atoms with E-state index in [1.165, 1.54) is 5.56 Å². The van der Waals surface area contributed by atoms with Crippen molar-refractivity contribution in [2.24, 2.45) is 5.73 Å². The van der Waals surface area contributed by atoms with Crippen molar-refractivity contribution in [2.75, 3.05) is 6.54 Å². The van der Waals surface area contributed by atoms with E-state index in [4.69, 9.17) is 10.8 Å². The predicted octanol–water partition coefficient (Wildman–Crippen LogP) is 2.43. The van der Waals surface area contributed by atoms with Crippen LogP contribution in [0.3, 0.4) is 0 Å². The van der Waals surface area contributed by atoms with Gasteiger partial charge < -0.3 is 10.8 Å². The van der Waals surface area contributed by atoms with E-state index in [1.807, 2.05) is 18.2 Å². The van der Waals surface area contributed by atoms with Gasteiger partial charge in [-0.3, -0.25) is 4.79 Å². The van der Waals surface area contributed by atoms with Crippen LogP contribution in [0, 0.1) is 0 Å². The molecule has 1 unspecified atom stereocenters. The molecule has 1 atom stereocenters. The van der Waals surface area contributed by atoms with Gasteiger partial charge >= 0.3 is 5.97 Å². The standard InChI is InChI=1S/C15H21NO2/c1-14(2)7-8-15(10-16,9-13(17)18)12-6-4-3-5-11(12)14/h3-6H,7-10,16H2,1-2H3,(H,17,18).